The van der Waals surface area contributed by atoms with Gasteiger partial charge in [-0.1, -0.05) is 31.5 Å². The molecule has 15 heavy (non-hydrogen) atoms. The Morgan fingerprint density at radius 3 is 1.80 bits per heavy atom. The van der Waals surface area contributed by atoms with Gasteiger partial charge in [-0.25, -0.2) is 0 Å². The number of carboxylic acids is 1. The van der Waals surface area contributed by atoms with Gasteiger partial charge in [0.05, 0.1) is 0 Å². The van der Waals surface area contributed by atoms with Crippen LogP contribution in [-0.4, -0.2) is 11.1 Å². The minimum atomic E-state index is -0.833. The molecule has 3 heteroatoms. The Kier molecular flexibility index (Phi) is 6.80. The summed E-state index contributed by atoms with van der Waals surface area (Å²) in [5.74, 6) is -0.833. The molecule has 1 rings (SSSR count). The topological polar surface area (TPSA) is 37.3 Å². The Morgan fingerprint density at radius 2 is 1.53 bits per heavy atom. The number of aryl methyl sites for hydroxylation is 2. The highest BCUT2D eigenvalue weighted by Gasteiger charge is 1.95. The lowest BCUT2D eigenvalue weighted by Crippen LogP contribution is -1.85. The van der Waals surface area contributed by atoms with E-state index in [2.05, 4.69) is 19.9 Å². The Labute approximate surface area is 95.9 Å². The van der Waals surface area contributed by atoms with Crippen molar-refractivity contribution in [2.75, 3.05) is 0 Å². The van der Waals surface area contributed by atoms with E-state index >= 15 is 0 Å². The summed E-state index contributed by atoms with van der Waals surface area (Å²) in [5.41, 5.74) is 2.66. The minimum absolute atomic E-state index is 0.833. The van der Waals surface area contributed by atoms with Crippen molar-refractivity contribution in [3.63, 3.8) is 0 Å². The van der Waals surface area contributed by atoms with Crippen molar-refractivity contribution in [2.24, 2.45) is 0 Å². The first-order valence-electron chi connectivity index (χ1n) is 4.97. The number of halogens is 1. The summed E-state index contributed by atoms with van der Waals surface area (Å²) in [5, 5.41) is 8.28. The van der Waals surface area contributed by atoms with Crippen molar-refractivity contribution in [1.29, 1.82) is 0 Å². The lowest BCUT2D eigenvalue weighted by atomic mass is 10.1. The highest BCUT2D eigenvalue weighted by molar-refractivity contribution is 6.30. The maximum atomic E-state index is 9.00. The molecule has 0 heterocycles. The second kappa shape index (κ2) is 7.30. The number of carbonyl (C=O) groups is 1. The molecule has 0 saturated carbocycles. The largest absolute Gasteiger partial charge is 0.481 e. The van der Waals surface area contributed by atoms with E-state index in [1.807, 2.05) is 12.1 Å². The lowest BCUT2D eigenvalue weighted by Gasteiger charge is -2.01. The quantitative estimate of drug-likeness (QED) is 0.841. The van der Waals surface area contributed by atoms with Gasteiger partial charge >= 0.3 is 0 Å². The zero-order valence-electron chi connectivity index (χ0n) is 9.38. The molecule has 0 atom stereocenters. The lowest BCUT2D eigenvalue weighted by molar-refractivity contribution is -0.134. The van der Waals surface area contributed by atoms with E-state index in [-0.39, 0.29) is 0 Å². The van der Waals surface area contributed by atoms with Crippen molar-refractivity contribution in [3.8, 4) is 0 Å². The molecule has 0 spiro atoms. The average Bonchev–Trinajstić information content (AvgIpc) is 2.15. The maximum Gasteiger partial charge on any atom is 0.300 e. The molecule has 0 fully saturated rings. The molecule has 84 valence electrons. The van der Waals surface area contributed by atoms with Crippen LogP contribution < -0.4 is 0 Å². The molecule has 1 N–H and O–H groups in total. The number of benzene rings is 1. The summed E-state index contributed by atoms with van der Waals surface area (Å²) in [6.07, 6.45) is 2.13. The van der Waals surface area contributed by atoms with Gasteiger partial charge in [-0.3, -0.25) is 4.79 Å². The highest BCUT2D eigenvalue weighted by Crippen LogP contribution is 2.15. The fourth-order valence-electron chi connectivity index (χ4n) is 1.13. The zero-order chi connectivity index (χ0) is 11.8. The molecule has 0 unspecified atom stereocenters. The van der Waals surface area contributed by atoms with Crippen LogP contribution in [0.15, 0.2) is 18.2 Å². The first-order valence-corrected chi connectivity index (χ1v) is 5.35. The summed E-state index contributed by atoms with van der Waals surface area (Å²) in [6.45, 7) is 5.37. The second-order valence-corrected chi connectivity index (χ2v) is 3.63. The third-order valence-electron chi connectivity index (χ3n) is 1.83. The summed E-state index contributed by atoms with van der Waals surface area (Å²) in [7, 11) is 0. The Balaban J connectivity index is 0.000000423. The molecular weight excluding hydrogens is 212 g/mol. The summed E-state index contributed by atoms with van der Waals surface area (Å²) < 4.78 is 0. The standard InChI is InChI=1S/C10H13Cl.C2H4O2/c1-3-8-5-9(4-2)7-10(11)6-8;1-2(3)4/h5-7H,3-4H2,1-2H3;1H3,(H,3,4). The Bertz CT molecular complexity index is 295. The minimum Gasteiger partial charge on any atom is -0.481 e. The van der Waals surface area contributed by atoms with Gasteiger partial charge in [-0.15, -0.1) is 0 Å². The summed E-state index contributed by atoms with van der Waals surface area (Å²) in [4.78, 5) is 9.00. The fourth-order valence-corrected chi connectivity index (χ4v) is 1.41. The van der Waals surface area contributed by atoms with Crippen molar-refractivity contribution in [1.82, 2.24) is 0 Å². The van der Waals surface area contributed by atoms with Gasteiger partial charge in [0.25, 0.3) is 5.97 Å². The van der Waals surface area contributed by atoms with Crippen LogP contribution in [0, 0.1) is 0 Å². The van der Waals surface area contributed by atoms with Crippen LogP contribution in [0.5, 0.6) is 0 Å². The first kappa shape index (κ1) is 14.0. The second-order valence-electron chi connectivity index (χ2n) is 3.19. The molecular formula is C12H17ClO2. The van der Waals surface area contributed by atoms with Gasteiger partial charge in [-0.05, 0) is 36.1 Å². The van der Waals surface area contributed by atoms with Crippen LogP contribution in [0.1, 0.15) is 31.9 Å². The molecule has 0 aliphatic carbocycles. The maximum absolute atomic E-state index is 9.00. The summed E-state index contributed by atoms with van der Waals surface area (Å²) in [6, 6.07) is 6.27. The van der Waals surface area contributed by atoms with Crippen molar-refractivity contribution in [3.05, 3.63) is 34.3 Å². The van der Waals surface area contributed by atoms with E-state index in [1.54, 1.807) is 0 Å². The molecule has 2 nitrogen and oxygen atoms in total. The number of hydrogen-bond donors (Lipinski definition) is 1. The third kappa shape index (κ3) is 6.97. The van der Waals surface area contributed by atoms with Crippen LogP contribution >= 0.6 is 11.6 Å². The van der Waals surface area contributed by atoms with Gasteiger partial charge in [0.2, 0.25) is 0 Å². The van der Waals surface area contributed by atoms with E-state index in [4.69, 9.17) is 21.5 Å². The highest BCUT2D eigenvalue weighted by atomic mass is 35.5. The molecule has 0 radical (unpaired) electrons. The Morgan fingerprint density at radius 1 is 1.20 bits per heavy atom. The van der Waals surface area contributed by atoms with Gasteiger partial charge in [0.1, 0.15) is 0 Å². The molecule has 0 aliphatic heterocycles. The predicted octanol–water partition coefficient (Wildman–Crippen LogP) is 3.56. The van der Waals surface area contributed by atoms with E-state index in [1.165, 1.54) is 11.1 Å². The van der Waals surface area contributed by atoms with Crippen LogP contribution in [0.25, 0.3) is 0 Å². The van der Waals surface area contributed by atoms with Crippen molar-refractivity contribution in [2.45, 2.75) is 33.6 Å². The summed E-state index contributed by atoms with van der Waals surface area (Å²) >= 11 is 5.91. The van der Waals surface area contributed by atoms with Crippen LogP contribution in [0.4, 0.5) is 0 Å². The molecule has 0 saturated heterocycles. The van der Waals surface area contributed by atoms with E-state index in [9.17, 15) is 0 Å². The number of aliphatic carboxylic acids is 1. The average molecular weight is 229 g/mol. The van der Waals surface area contributed by atoms with E-state index in [0.29, 0.717) is 0 Å². The molecule has 0 aliphatic rings. The molecule has 1 aromatic rings. The van der Waals surface area contributed by atoms with Gasteiger partial charge in [0.15, 0.2) is 0 Å². The molecule has 1 aromatic carbocycles. The van der Waals surface area contributed by atoms with Crippen molar-refractivity contribution < 1.29 is 9.90 Å². The monoisotopic (exact) mass is 228 g/mol. The molecule has 0 bridgehead atoms. The normalized spacial score (nSPS) is 9.07. The molecule has 0 amide bonds. The number of hydrogen-bond acceptors (Lipinski definition) is 1. The van der Waals surface area contributed by atoms with Gasteiger partial charge < -0.3 is 5.11 Å². The molecule has 0 aromatic heterocycles. The van der Waals surface area contributed by atoms with Crippen LogP contribution in [0.3, 0.4) is 0 Å². The van der Waals surface area contributed by atoms with Crippen molar-refractivity contribution >= 4 is 17.6 Å². The van der Waals surface area contributed by atoms with E-state index < -0.39 is 5.97 Å². The van der Waals surface area contributed by atoms with Gasteiger partial charge in [0, 0.05) is 11.9 Å². The number of rotatable bonds is 2. The third-order valence-corrected chi connectivity index (χ3v) is 2.05. The predicted molar refractivity (Wildman–Crippen MR) is 63.5 cm³/mol. The van der Waals surface area contributed by atoms with E-state index in [0.717, 1.165) is 24.8 Å². The number of carboxylic acid groups (broad SMARTS) is 1. The Hall–Kier alpha value is -1.02. The smallest absolute Gasteiger partial charge is 0.300 e. The SMILES string of the molecule is CC(=O)O.CCc1cc(Cl)cc(CC)c1. The van der Waals surface area contributed by atoms with Crippen LogP contribution in [-0.2, 0) is 17.6 Å². The first-order chi connectivity index (χ1) is 6.99. The van der Waals surface area contributed by atoms with Gasteiger partial charge in [-0.2, -0.15) is 0 Å². The zero-order valence-corrected chi connectivity index (χ0v) is 10.1. The van der Waals surface area contributed by atoms with Crippen LogP contribution in [0.2, 0.25) is 5.02 Å². The fraction of sp³-hybridized carbons (Fsp3) is 0.417.